The van der Waals surface area contributed by atoms with Gasteiger partial charge in [-0.25, -0.2) is 0 Å². The van der Waals surface area contributed by atoms with Gasteiger partial charge in [-0.3, -0.25) is 29.3 Å². The number of aromatic nitrogens is 2. The molecule has 1 atom stereocenters. The highest BCUT2D eigenvalue weighted by molar-refractivity contribution is 6.05. The Kier molecular flexibility index (Phi) is 5.21. The largest absolute Gasteiger partial charge is 0.384 e. The molecule has 1 aromatic heterocycles. The van der Waals surface area contributed by atoms with Gasteiger partial charge in [0, 0.05) is 37.7 Å². The van der Waals surface area contributed by atoms with Crippen molar-refractivity contribution in [3.63, 3.8) is 0 Å². The van der Waals surface area contributed by atoms with Crippen LogP contribution in [-0.4, -0.2) is 56.4 Å². The average molecular weight is 437 g/mol. The van der Waals surface area contributed by atoms with Crippen molar-refractivity contribution in [3.8, 4) is 0 Å². The van der Waals surface area contributed by atoms with Crippen LogP contribution in [0.15, 0.2) is 24.4 Å². The summed E-state index contributed by atoms with van der Waals surface area (Å²) in [6.45, 7) is 3.20. The molecule has 9 heteroatoms. The van der Waals surface area contributed by atoms with Crippen LogP contribution in [0, 0.1) is 0 Å². The number of nitrogen functional groups attached to an aromatic ring is 1. The molecule has 5 rings (SSSR count). The Morgan fingerprint density at radius 3 is 2.62 bits per heavy atom. The van der Waals surface area contributed by atoms with Crippen LogP contribution in [-0.2, 0) is 29.7 Å². The van der Waals surface area contributed by atoms with Crippen LogP contribution in [0.3, 0.4) is 0 Å². The summed E-state index contributed by atoms with van der Waals surface area (Å²) in [6, 6.07) is 5.53. The lowest BCUT2D eigenvalue weighted by Crippen LogP contribution is -2.52. The third-order valence-corrected chi connectivity index (χ3v) is 7.06. The topological polar surface area (TPSA) is 114 Å². The molecule has 3 aliphatic rings. The maximum absolute atomic E-state index is 12.9. The molecule has 3 N–H and O–H groups in total. The lowest BCUT2D eigenvalue weighted by atomic mass is 9.88. The molecule has 2 aromatic rings. The normalized spacial score (nSPS) is 22.3. The van der Waals surface area contributed by atoms with E-state index >= 15 is 0 Å². The van der Waals surface area contributed by atoms with E-state index in [0.29, 0.717) is 24.4 Å². The number of hydrogen-bond acceptors (Lipinski definition) is 6. The number of nitrogens with one attached hydrogen (secondary N) is 1. The lowest BCUT2D eigenvalue weighted by Gasteiger charge is -2.32. The van der Waals surface area contributed by atoms with Gasteiger partial charge in [-0.05, 0) is 55.5 Å². The van der Waals surface area contributed by atoms with Crippen molar-refractivity contribution in [3.05, 3.63) is 46.6 Å². The molecule has 32 heavy (non-hydrogen) atoms. The zero-order valence-corrected chi connectivity index (χ0v) is 18.2. The summed E-state index contributed by atoms with van der Waals surface area (Å²) in [6.07, 6.45) is 4.59. The van der Waals surface area contributed by atoms with E-state index in [-0.39, 0.29) is 24.1 Å². The smallest absolute Gasteiger partial charge is 0.255 e. The van der Waals surface area contributed by atoms with Crippen LogP contribution in [0.4, 0.5) is 5.82 Å². The predicted octanol–water partition coefficient (Wildman–Crippen LogP) is 1.14. The molecule has 2 saturated heterocycles. The quantitative estimate of drug-likeness (QED) is 0.695. The molecule has 0 bridgehead atoms. The molecule has 0 radical (unpaired) electrons. The van der Waals surface area contributed by atoms with Gasteiger partial charge in [0.25, 0.3) is 5.91 Å². The summed E-state index contributed by atoms with van der Waals surface area (Å²) in [5.41, 5.74) is 10.0. The Hall–Kier alpha value is -3.20. The number of nitrogens with two attached hydrogens (primary N) is 1. The van der Waals surface area contributed by atoms with Crippen molar-refractivity contribution in [2.45, 2.75) is 50.7 Å². The number of piperidine rings is 2. The second kappa shape index (κ2) is 8.05. The summed E-state index contributed by atoms with van der Waals surface area (Å²) >= 11 is 0. The molecule has 9 nitrogen and oxygen atoms in total. The molecule has 0 spiro atoms. The van der Waals surface area contributed by atoms with E-state index in [0.717, 1.165) is 49.4 Å². The zero-order valence-electron chi connectivity index (χ0n) is 18.2. The maximum atomic E-state index is 12.9. The number of likely N-dealkylation sites (tertiary alicyclic amines) is 1. The van der Waals surface area contributed by atoms with E-state index in [4.69, 9.17) is 5.73 Å². The van der Waals surface area contributed by atoms with E-state index in [1.807, 2.05) is 19.3 Å². The van der Waals surface area contributed by atoms with Gasteiger partial charge in [0.2, 0.25) is 11.8 Å². The summed E-state index contributed by atoms with van der Waals surface area (Å²) in [5.74, 6) is 0.406. The van der Waals surface area contributed by atoms with Gasteiger partial charge in [0.05, 0.1) is 6.20 Å². The number of aryl methyl sites for hydroxylation is 1. The molecule has 1 unspecified atom stereocenters. The lowest BCUT2D eigenvalue weighted by molar-refractivity contribution is -0.136. The van der Waals surface area contributed by atoms with E-state index < -0.39 is 6.04 Å². The second-order valence-electron chi connectivity index (χ2n) is 9.05. The Morgan fingerprint density at radius 2 is 1.94 bits per heavy atom. The van der Waals surface area contributed by atoms with Gasteiger partial charge in [-0.2, -0.15) is 5.10 Å². The standard InChI is InChI=1S/C23H28N6O3/c1-27-21(24)17(11-25-27)12-28-8-6-14(7-9-28)15-2-3-18-16(10-15)13-29(23(18)32)19-4-5-20(30)26-22(19)31/h2-3,10-11,14,19H,4-9,12-13,24H2,1H3,(H,26,30,31). The van der Waals surface area contributed by atoms with Gasteiger partial charge < -0.3 is 10.6 Å². The molecule has 2 fully saturated rings. The molecule has 0 saturated carbocycles. The van der Waals surface area contributed by atoms with Crippen molar-refractivity contribution in [2.75, 3.05) is 18.8 Å². The predicted molar refractivity (Wildman–Crippen MR) is 117 cm³/mol. The fourth-order valence-electron chi connectivity index (χ4n) is 5.13. The fourth-order valence-corrected chi connectivity index (χ4v) is 5.13. The minimum Gasteiger partial charge on any atom is -0.384 e. The van der Waals surface area contributed by atoms with Crippen LogP contribution in [0.2, 0.25) is 0 Å². The minimum atomic E-state index is -0.570. The zero-order chi connectivity index (χ0) is 22.4. The number of benzene rings is 1. The number of carbonyl (C=O) groups is 3. The van der Waals surface area contributed by atoms with Crippen LogP contribution >= 0.6 is 0 Å². The third-order valence-electron chi connectivity index (χ3n) is 7.06. The second-order valence-corrected chi connectivity index (χ2v) is 9.05. The van der Waals surface area contributed by atoms with Gasteiger partial charge in [0.1, 0.15) is 11.9 Å². The van der Waals surface area contributed by atoms with E-state index in [9.17, 15) is 14.4 Å². The van der Waals surface area contributed by atoms with Crippen LogP contribution < -0.4 is 11.1 Å². The Bertz CT molecular complexity index is 1090. The Balaban J connectivity index is 1.23. The summed E-state index contributed by atoms with van der Waals surface area (Å²) in [4.78, 5) is 40.6. The van der Waals surface area contributed by atoms with Crippen molar-refractivity contribution in [1.82, 2.24) is 24.9 Å². The van der Waals surface area contributed by atoms with Gasteiger partial charge in [-0.1, -0.05) is 12.1 Å². The fraction of sp³-hybridized carbons (Fsp3) is 0.478. The number of imide groups is 1. The first-order chi connectivity index (χ1) is 15.4. The van der Waals surface area contributed by atoms with Gasteiger partial charge in [0.15, 0.2) is 0 Å². The number of fused-ring (bicyclic) bond motifs is 1. The van der Waals surface area contributed by atoms with Crippen LogP contribution in [0.25, 0.3) is 0 Å². The SMILES string of the molecule is Cn1ncc(CN2CCC(c3ccc4c(c3)CN(C3CCC(=O)NC3=O)C4=O)CC2)c1N. The van der Waals surface area contributed by atoms with Crippen molar-refractivity contribution >= 4 is 23.5 Å². The van der Waals surface area contributed by atoms with Crippen molar-refractivity contribution < 1.29 is 14.4 Å². The first-order valence-corrected chi connectivity index (χ1v) is 11.2. The number of carbonyl (C=O) groups excluding carboxylic acids is 3. The number of hydrogen-bond donors (Lipinski definition) is 2. The molecule has 168 valence electrons. The first kappa shape index (κ1) is 20.7. The van der Waals surface area contributed by atoms with Crippen LogP contribution in [0.5, 0.6) is 0 Å². The van der Waals surface area contributed by atoms with Crippen molar-refractivity contribution in [2.24, 2.45) is 7.05 Å². The Labute approximate surface area is 186 Å². The van der Waals surface area contributed by atoms with Crippen LogP contribution in [0.1, 0.15) is 58.6 Å². The average Bonchev–Trinajstić information content (AvgIpc) is 3.28. The molecular weight excluding hydrogens is 408 g/mol. The summed E-state index contributed by atoms with van der Waals surface area (Å²) in [5, 5.41) is 6.58. The molecular formula is C23H28N6O3. The first-order valence-electron chi connectivity index (χ1n) is 11.2. The maximum Gasteiger partial charge on any atom is 0.255 e. The number of anilines is 1. The highest BCUT2D eigenvalue weighted by atomic mass is 16.2. The monoisotopic (exact) mass is 436 g/mol. The van der Waals surface area contributed by atoms with Gasteiger partial charge >= 0.3 is 0 Å². The highest BCUT2D eigenvalue weighted by Crippen LogP contribution is 2.34. The van der Waals surface area contributed by atoms with E-state index in [2.05, 4.69) is 27.4 Å². The molecule has 3 aliphatic heterocycles. The number of amides is 3. The van der Waals surface area contributed by atoms with Gasteiger partial charge in [-0.15, -0.1) is 0 Å². The summed E-state index contributed by atoms with van der Waals surface area (Å²) in [7, 11) is 1.85. The highest BCUT2D eigenvalue weighted by Gasteiger charge is 2.39. The molecule has 0 aliphatic carbocycles. The number of nitrogens with zero attached hydrogens (tertiary/aromatic N) is 4. The minimum absolute atomic E-state index is 0.120. The third kappa shape index (κ3) is 3.66. The molecule has 3 amide bonds. The van der Waals surface area contributed by atoms with E-state index in [1.54, 1.807) is 9.58 Å². The van der Waals surface area contributed by atoms with Crippen molar-refractivity contribution in [1.29, 1.82) is 0 Å². The number of rotatable bonds is 4. The molecule has 4 heterocycles. The molecule has 1 aromatic carbocycles. The Morgan fingerprint density at radius 1 is 1.16 bits per heavy atom. The summed E-state index contributed by atoms with van der Waals surface area (Å²) < 4.78 is 1.70. The van der Waals surface area contributed by atoms with E-state index in [1.165, 1.54) is 5.56 Å².